The van der Waals surface area contributed by atoms with E-state index in [-0.39, 0.29) is 6.10 Å². The van der Waals surface area contributed by atoms with Gasteiger partial charge in [0, 0.05) is 13.7 Å². The first-order valence-electron chi connectivity index (χ1n) is 10.8. The predicted molar refractivity (Wildman–Crippen MR) is 114 cm³/mol. The molecule has 3 atom stereocenters. The Morgan fingerprint density at radius 3 is 2.32 bits per heavy atom. The van der Waals surface area contributed by atoms with E-state index in [0.29, 0.717) is 6.61 Å². The normalized spacial score (nSPS) is 24.0. The van der Waals surface area contributed by atoms with E-state index in [9.17, 15) is 0 Å². The predicted octanol–water partition coefficient (Wildman–Crippen LogP) is 4.99. The zero-order chi connectivity index (χ0) is 19.2. The van der Waals surface area contributed by atoms with Crippen molar-refractivity contribution in [1.82, 2.24) is 4.90 Å². The van der Waals surface area contributed by atoms with Gasteiger partial charge in [0.05, 0.1) is 0 Å². The van der Waals surface area contributed by atoms with E-state index in [2.05, 4.69) is 35.2 Å². The van der Waals surface area contributed by atoms with Gasteiger partial charge in [0.25, 0.3) is 0 Å². The lowest BCUT2D eigenvalue weighted by molar-refractivity contribution is 0.0204. The van der Waals surface area contributed by atoms with Gasteiger partial charge < -0.3 is 14.4 Å². The number of ether oxygens (including phenoxy) is 2. The van der Waals surface area contributed by atoms with E-state index in [1.807, 2.05) is 30.3 Å². The van der Waals surface area contributed by atoms with Crippen molar-refractivity contribution in [1.29, 1.82) is 0 Å². The molecule has 1 unspecified atom stereocenters. The lowest BCUT2D eigenvalue weighted by atomic mass is 9.90. The van der Waals surface area contributed by atoms with Crippen molar-refractivity contribution in [3.63, 3.8) is 0 Å². The smallest absolute Gasteiger partial charge is 0.119 e. The SMILES string of the molecule is COC(COc1ccccc1)CN1CCC(C[C@H]2C[C@@H]2c2ccccc2)CC1. The molecule has 0 amide bonds. The highest BCUT2D eigenvalue weighted by molar-refractivity contribution is 5.25. The van der Waals surface area contributed by atoms with Crippen LogP contribution in [0.4, 0.5) is 0 Å². The third-order valence-corrected chi connectivity index (χ3v) is 6.47. The summed E-state index contributed by atoms with van der Waals surface area (Å²) in [6.45, 7) is 3.96. The van der Waals surface area contributed by atoms with Crippen molar-refractivity contribution in [2.24, 2.45) is 11.8 Å². The molecule has 0 aromatic heterocycles. The summed E-state index contributed by atoms with van der Waals surface area (Å²) >= 11 is 0. The van der Waals surface area contributed by atoms with Gasteiger partial charge in [-0.3, -0.25) is 0 Å². The van der Waals surface area contributed by atoms with Crippen LogP contribution in [-0.2, 0) is 4.74 Å². The van der Waals surface area contributed by atoms with Crippen molar-refractivity contribution in [3.05, 3.63) is 66.2 Å². The zero-order valence-corrected chi connectivity index (χ0v) is 17.0. The van der Waals surface area contributed by atoms with E-state index >= 15 is 0 Å². The largest absolute Gasteiger partial charge is 0.491 e. The Hall–Kier alpha value is -1.84. The van der Waals surface area contributed by atoms with Gasteiger partial charge in [0.1, 0.15) is 18.5 Å². The molecule has 1 aliphatic heterocycles. The number of likely N-dealkylation sites (tertiary alicyclic amines) is 1. The summed E-state index contributed by atoms with van der Waals surface area (Å²) in [4.78, 5) is 2.56. The molecule has 1 saturated carbocycles. The quantitative estimate of drug-likeness (QED) is 0.613. The van der Waals surface area contributed by atoms with Gasteiger partial charge in [-0.1, -0.05) is 48.5 Å². The van der Waals surface area contributed by atoms with Crippen molar-refractivity contribution in [2.75, 3.05) is 33.4 Å². The Balaban J connectivity index is 1.16. The second kappa shape index (κ2) is 9.58. The molecule has 1 heterocycles. The van der Waals surface area contributed by atoms with Gasteiger partial charge in [0.15, 0.2) is 0 Å². The van der Waals surface area contributed by atoms with Gasteiger partial charge in [-0.25, -0.2) is 0 Å². The van der Waals surface area contributed by atoms with Crippen LogP contribution in [0.5, 0.6) is 5.75 Å². The van der Waals surface area contributed by atoms with E-state index in [1.54, 1.807) is 12.7 Å². The molecule has 0 bridgehead atoms. The van der Waals surface area contributed by atoms with Crippen LogP contribution < -0.4 is 4.74 Å². The van der Waals surface area contributed by atoms with Crippen LogP contribution in [0.2, 0.25) is 0 Å². The molecule has 28 heavy (non-hydrogen) atoms. The number of rotatable bonds is 9. The van der Waals surface area contributed by atoms with Gasteiger partial charge in [-0.05, 0) is 74.2 Å². The molecule has 0 radical (unpaired) electrons. The van der Waals surface area contributed by atoms with Crippen LogP contribution in [0.15, 0.2) is 60.7 Å². The zero-order valence-electron chi connectivity index (χ0n) is 17.0. The fraction of sp³-hybridized carbons (Fsp3) is 0.520. The minimum absolute atomic E-state index is 0.127. The maximum absolute atomic E-state index is 5.88. The average molecular weight is 380 g/mol. The Morgan fingerprint density at radius 1 is 0.964 bits per heavy atom. The van der Waals surface area contributed by atoms with Crippen molar-refractivity contribution >= 4 is 0 Å². The number of piperidine rings is 1. The molecule has 0 N–H and O–H groups in total. The maximum atomic E-state index is 5.88. The number of methoxy groups -OCH3 is 1. The van der Waals surface area contributed by atoms with Crippen molar-refractivity contribution < 1.29 is 9.47 Å². The molecule has 1 aliphatic carbocycles. The molecule has 2 aliphatic rings. The molecular weight excluding hydrogens is 346 g/mol. The average Bonchev–Trinajstić information content (AvgIpc) is 3.53. The van der Waals surface area contributed by atoms with Crippen LogP contribution in [0.3, 0.4) is 0 Å². The Morgan fingerprint density at radius 2 is 1.64 bits per heavy atom. The van der Waals surface area contributed by atoms with Gasteiger partial charge in [-0.2, -0.15) is 0 Å². The topological polar surface area (TPSA) is 21.7 Å². The molecule has 2 aromatic carbocycles. The van der Waals surface area contributed by atoms with Crippen LogP contribution in [0.25, 0.3) is 0 Å². The molecule has 3 nitrogen and oxygen atoms in total. The number of hydrogen-bond acceptors (Lipinski definition) is 3. The van der Waals surface area contributed by atoms with Crippen LogP contribution in [0.1, 0.15) is 37.2 Å². The van der Waals surface area contributed by atoms with Gasteiger partial charge >= 0.3 is 0 Å². The Bertz CT molecular complexity index is 697. The minimum Gasteiger partial charge on any atom is -0.491 e. The summed E-state index contributed by atoms with van der Waals surface area (Å²) in [6, 6.07) is 21.1. The summed E-state index contributed by atoms with van der Waals surface area (Å²) in [7, 11) is 1.79. The highest BCUT2D eigenvalue weighted by Crippen LogP contribution is 2.51. The Labute approximate surface area is 169 Å². The maximum Gasteiger partial charge on any atom is 0.119 e. The van der Waals surface area contributed by atoms with Crippen LogP contribution >= 0.6 is 0 Å². The molecule has 3 heteroatoms. The van der Waals surface area contributed by atoms with Gasteiger partial charge in [0.2, 0.25) is 0 Å². The van der Waals surface area contributed by atoms with Gasteiger partial charge in [-0.15, -0.1) is 0 Å². The van der Waals surface area contributed by atoms with Crippen LogP contribution in [0, 0.1) is 11.8 Å². The summed E-state index contributed by atoms with van der Waals surface area (Å²) in [5.41, 5.74) is 1.55. The highest BCUT2D eigenvalue weighted by atomic mass is 16.5. The second-order valence-electron chi connectivity index (χ2n) is 8.47. The first-order chi connectivity index (χ1) is 13.8. The summed E-state index contributed by atoms with van der Waals surface area (Å²) < 4.78 is 11.6. The van der Waals surface area contributed by atoms with E-state index in [1.165, 1.54) is 38.8 Å². The fourth-order valence-corrected chi connectivity index (χ4v) is 4.64. The Kier molecular flexibility index (Phi) is 6.66. The summed E-state index contributed by atoms with van der Waals surface area (Å²) in [5, 5.41) is 0. The third kappa shape index (κ3) is 5.36. The first kappa shape index (κ1) is 19.5. The van der Waals surface area contributed by atoms with E-state index < -0.39 is 0 Å². The van der Waals surface area contributed by atoms with Crippen LogP contribution in [-0.4, -0.2) is 44.4 Å². The number of hydrogen-bond donors (Lipinski definition) is 0. The highest BCUT2D eigenvalue weighted by Gasteiger charge is 2.39. The lowest BCUT2D eigenvalue weighted by Crippen LogP contribution is -2.41. The lowest BCUT2D eigenvalue weighted by Gasteiger charge is -2.34. The molecule has 0 spiro atoms. The van der Waals surface area contributed by atoms with Crippen molar-refractivity contribution in [2.45, 2.75) is 37.7 Å². The number of benzene rings is 2. The number of nitrogens with zero attached hydrogens (tertiary/aromatic N) is 1. The third-order valence-electron chi connectivity index (χ3n) is 6.47. The summed E-state index contributed by atoms with van der Waals surface area (Å²) in [5.74, 6) is 3.56. The van der Waals surface area contributed by atoms with E-state index in [0.717, 1.165) is 30.0 Å². The number of para-hydroxylation sites is 1. The fourth-order valence-electron chi connectivity index (χ4n) is 4.64. The molecule has 4 rings (SSSR count). The minimum atomic E-state index is 0.127. The molecule has 1 saturated heterocycles. The molecular formula is C25H33NO2. The molecule has 2 aromatic rings. The summed E-state index contributed by atoms with van der Waals surface area (Å²) in [6.07, 6.45) is 5.59. The molecule has 2 fully saturated rings. The monoisotopic (exact) mass is 379 g/mol. The van der Waals surface area contributed by atoms with Crippen molar-refractivity contribution in [3.8, 4) is 5.75 Å². The first-order valence-corrected chi connectivity index (χ1v) is 10.8. The second-order valence-corrected chi connectivity index (χ2v) is 8.47. The van der Waals surface area contributed by atoms with E-state index in [4.69, 9.17) is 9.47 Å². The standard InChI is InChI=1S/C25H33NO2/c1-27-24(19-28-23-10-6-3-7-11-23)18-26-14-12-20(13-15-26)16-22-17-25(22)21-8-4-2-5-9-21/h2-11,20,22,24-25H,12-19H2,1H3/t22-,24?,25+/m0/s1. The molecule has 150 valence electrons.